The van der Waals surface area contributed by atoms with Crippen LogP contribution in [0.5, 0.6) is 0 Å². The van der Waals surface area contributed by atoms with Gasteiger partial charge in [-0.25, -0.2) is 4.79 Å². The zero-order chi connectivity index (χ0) is 22.9. The molecule has 2 aromatic rings. The summed E-state index contributed by atoms with van der Waals surface area (Å²) in [7, 11) is 0. The number of para-hydroxylation sites is 1. The van der Waals surface area contributed by atoms with Gasteiger partial charge in [0.25, 0.3) is 5.91 Å². The summed E-state index contributed by atoms with van der Waals surface area (Å²) in [6.07, 6.45) is 2.21. The molecule has 1 saturated carbocycles. The highest BCUT2D eigenvalue weighted by atomic mass is 16.2. The number of carbonyl (C=O) groups excluding carboxylic acids is 3. The average molecular weight is 434 g/mol. The van der Waals surface area contributed by atoms with Crippen LogP contribution in [-0.2, 0) is 16.1 Å². The second kappa shape index (κ2) is 8.41. The minimum atomic E-state index is -0.907. The molecule has 2 aliphatic rings. The second-order valence-electron chi connectivity index (χ2n) is 10.1. The van der Waals surface area contributed by atoms with Crippen LogP contribution in [0.3, 0.4) is 0 Å². The lowest BCUT2D eigenvalue weighted by atomic mass is 9.64. The van der Waals surface area contributed by atoms with Crippen molar-refractivity contribution >= 4 is 23.5 Å². The van der Waals surface area contributed by atoms with Crippen LogP contribution in [-0.4, -0.2) is 34.8 Å². The van der Waals surface area contributed by atoms with Gasteiger partial charge in [0.2, 0.25) is 5.91 Å². The smallest absolute Gasteiger partial charge is 0.323 e. The second-order valence-corrected chi connectivity index (χ2v) is 10.1. The first-order chi connectivity index (χ1) is 15.2. The van der Waals surface area contributed by atoms with Crippen molar-refractivity contribution in [3.63, 3.8) is 0 Å². The van der Waals surface area contributed by atoms with Gasteiger partial charge in [0.15, 0.2) is 0 Å². The zero-order valence-corrected chi connectivity index (χ0v) is 19.0. The van der Waals surface area contributed by atoms with E-state index >= 15 is 0 Å². The molecular weight excluding hydrogens is 402 g/mol. The zero-order valence-electron chi connectivity index (χ0n) is 19.0. The predicted octanol–water partition coefficient (Wildman–Crippen LogP) is 4.36. The minimum absolute atomic E-state index is 0.0516. The van der Waals surface area contributed by atoms with E-state index in [-0.39, 0.29) is 23.8 Å². The molecule has 2 atom stereocenters. The third kappa shape index (κ3) is 4.40. The van der Waals surface area contributed by atoms with E-state index in [1.165, 1.54) is 0 Å². The molecule has 1 N–H and O–H groups in total. The Bertz CT molecular complexity index is 1010. The maximum atomic E-state index is 13.5. The Balaban J connectivity index is 1.57. The van der Waals surface area contributed by atoms with Crippen molar-refractivity contribution in [1.29, 1.82) is 0 Å². The van der Waals surface area contributed by atoms with Gasteiger partial charge in [0.05, 0.1) is 6.54 Å². The van der Waals surface area contributed by atoms with E-state index in [0.29, 0.717) is 25.3 Å². The van der Waals surface area contributed by atoms with Crippen LogP contribution in [0.1, 0.15) is 45.6 Å². The van der Waals surface area contributed by atoms with E-state index in [0.717, 1.165) is 22.6 Å². The summed E-state index contributed by atoms with van der Waals surface area (Å²) >= 11 is 0. The maximum Gasteiger partial charge on any atom is 0.325 e. The van der Waals surface area contributed by atoms with E-state index in [9.17, 15) is 14.4 Å². The van der Waals surface area contributed by atoms with Gasteiger partial charge in [0.1, 0.15) is 12.1 Å². The molecule has 0 unspecified atom stereocenters. The Hall–Kier alpha value is -3.15. The lowest BCUT2D eigenvalue weighted by Crippen LogP contribution is -2.54. The van der Waals surface area contributed by atoms with E-state index in [2.05, 4.69) is 26.1 Å². The van der Waals surface area contributed by atoms with Crippen molar-refractivity contribution in [2.24, 2.45) is 11.3 Å². The SMILES string of the molecule is C[C@H]1CC(C)(C)C[C@]2(C1)NC(=O)N(CC(=O)N(Cc1ccccc1)c1ccccc1)C2=O. The maximum absolute atomic E-state index is 13.5. The van der Waals surface area contributed by atoms with Crippen molar-refractivity contribution in [3.05, 3.63) is 66.2 Å². The lowest BCUT2D eigenvalue weighted by molar-refractivity contribution is -0.137. The summed E-state index contributed by atoms with van der Waals surface area (Å²) in [5, 5.41) is 2.96. The van der Waals surface area contributed by atoms with Gasteiger partial charge < -0.3 is 10.2 Å². The fourth-order valence-electron chi connectivity index (χ4n) is 5.57. The number of amides is 4. The third-order valence-corrected chi connectivity index (χ3v) is 6.47. The van der Waals surface area contributed by atoms with Crippen LogP contribution in [0.2, 0.25) is 0 Å². The summed E-state index contributed by atoms with van der Waals surface area (Å²) in [5.74, 6) is -0.246. The number of carbonyl (C=O) groups is 3. The summed E-state index contributed by atoms with van der Waals surface area (Å²) < 4.78 is 0. The van der Waals surface area contributed by atoms with Gasteiger partial charge in [0, 0.05) is 5.69 Å². The molecule has 1 aliphatic carbocycles. The Morgan fingerprint density at radius 3 is 2.28 bits per heavy atom. The molecule has 0 bridgehead atoms. The number of nitrogens with zero attached hydrogens (tertiary/aromatic N) is 2. The number of urea groups is 1. The third-order valence-electron chi connectivity index (χ3n) is 6.47. The molecule has 168 valence electrons. The van der Waals surface area contributed by atoms with Crippen LogP contribution in [0.15, 0.2) is 60.7 Å². The summed E-state index contributed by atoms with van der Waals surface area (Å²) in [5.41, 5.74) is 0.747. The molecule has 6 heteroatoms. The monoisotopic (exact) mass is 433 g/mol. The molecule has 2 aromatic carbocycles. The number of nitrogens with one attached hydrogen (secondary N) is 1. The van der Waals surface area contributed by atoms with Crippen LogP contribution in [0.25, 0.3) is 0 Å². The van der Waals surface area contributed by atoms with E-state index < -0.39 is 11.6 Å². The fraction of sp³-hybridized carbons (Fsp3) is 0.423. The van der Waals surface area contributed by atoms with Gasteiger partial charge in [-0.15, -0.1) is 0 Å². The highest BCUT2D eigenvalue weighted by molar-refractivity contribution is 6.10. The lowest BCUT2D eigenvalue weighted by Gasteiger charge is -2.43. The molecule has 32 heavy (non-hydrogen) atoms. The number of anilines is 1. The molecule has 1 saturated heterocycles. The quantitative estimate of drug-likeness (QED) is 0.713. The molecule has 0 radical (unpaired) electrons. The van der Waals surface area contributed by atoms with Gasteiger partial charge in [-0.3, -0.25) is 14.5 Å². The molecule has 1 heterocycles. The molecule has 1 aliphatic heterocycles. The van der Waals surface area contributed by atoms with Gasteiger partial charge in [-0.05, 0) is 48.3 Å². The normalized spacial score (nSPS) is 24.5. The Morgan fingerprint density at radius 2 is 1.66 bits per heavy atom. The average Bonchev–Trinajstić information content (AvgIpc) is 2.95. The molecule has 4 rings (SSSR count). The summed E-state index contributed by atoms with van der Waals surface area (Å²) in [4.78, 5) is 42.5. The van der Waals surface area contributed by atoms with Gasteiger partial charge >= 0.3 is 6.03 Å². The first-order valence-electron chi connectivity index (χ1n) is 11.2. The summed E-state index contributed by atoms with van der Waals surface area (Å²) in [6.45, 7) is 6.47. The fourth-order valence-corrected chi connectivity index (χ4v) is 5.57. The van der Waals surface area contributed by atoms with E-state index in [4.69, 9.17) is 0 Å². The van der Waals surface area contributed by atoms with Crippen molar-refractivity contribution in [1.82, 2.24) is 10.2 Å². The van der Waals surface area contributed by atoms with Crippen LogP contribution >= 0.6 is 0 Å². The molecule has 6 nitrogen and oxygen atoms in total. The molecule has 0 aromatic heterocycles. The van der Waals surface area contributed by atoms with Crippen LogP contribution < -0.4 is 10.2 Å². The van der Waals surface area contributed by atoms with Crippen molar-refractivity contribution < 1.29 is 14.4 Å². The number of rotatable bonds is 5. The highest BCUT2D eigenvalue weighted by Gasteiger charge is 2.56. The first-order valence-corrected chi connectivity index (χ1v) is 11.2. The Kier molecular flexibility index (Phi) is 5.80. The summed E-state index contributed by atoms with van der Waals surface area (Å²) in [6, 6.07) is 18.6. The van der Waals surface area contributed by atoms with E-state index in [1.54, 1.807) is 4.90 Å². The van der Waals surface area contributed by atoms with Crippen molar-refractivity contribution in [2.75, 3.05) is 11.4 Å². The predicted molar refractivity (Wildman–Crippen MR) is 124 cm³/mol. The topological polar surface area (TPSA) is 69.7 Å². The van der Waals surface area contributed by atoms with Crippen molar-refractivity contribution in [3.8, 4) is 0 Å². The van der Waals surface area contributed by atoms with Gasteiger partial charge in [-0.1, -0.05) is 69.3 Å². The number of benzene rings is 2. The highest BCUT2D eigenvalue weighted by Crippen LogP contribution is 2.46. The number of imide groups is 1. The standard InChI is InChI=1S/C26H31N3O3/c1-19-14-25(2,3)18-26(15-19)23(31)29(24(32)27-26)17-22(30)28(21-12-8-5-9-13-21)16-20-10-6-4-7-11-20/h4-13,19H,14-18H2,1-3H3,(H,27,32)/t19-,26-/m0/s1. The molecular formula is C26H31N3O3. The largest absolute Gasteiger partial charge is 0.325 e. The first kappa shape index (κ1) is 22.1. The Labute approximate surface area is 189 Å². The van der Waals surface area contributed by atoms with Crippen LogP contribution in [0, 0.1) is 11.3 Å². The van der Waals surface area contributed by atoms with E-state index in [1.807, 2.05) is 60.7 Å². The van der Waals surface area contributed by atoms with Crippen LogP contribution in [0.4, 0.5) is 10.5 Å². The molecule has 4 amide bonds. The molecule has 1 spiro atoms. The Morgan fingerprint density at radius 1 is 1.03 bits per heavy atom. The molecule has 2 fully saturated rings. The number of hydrogen-bond acceptors (Lipinski definition) is 3. The minimum Gasteiger partial charge on any atom is -0.323 e. The number of hydrogen-bond donors (Lipinski definition) is 1. The van der Waals surface area contributed by atoms with Crippen molar-refractivity contribution in [2.45, 2.75) is 52.1 Å². The van der Waals surface area contributed by atoms with Gasteiger partial charge in [-0.2, -0.15) is 0 Å².